The van der Waals surface area contributed by atoms with Crippen molar-refractivity contribution in [2.45, 2.75) is 71.6 Å². The van der Waals surface area contributed by atoms with Gasteiger partial charge in [0.1, 0.15) is 0 Å². The van der Waals surface area contributed by atoms with Crippen LogP contribution >= 0.6 is 0 Å². The van der Waals surface area contributed by atoms with Crippen LogP contribution in [0.1, 0.15) is 54.4 Å². The summed E-state index contributed by atoms with van der Waals surface area (Å²) in [6, 6.07) is 0.673. The van der Waals surface area contributed by atoms with Crippen LogP contribution in [0.4, 0.5) is 0 Å². The van der Waals surface area contributed by atoms with Gasteiger partial charge in [0.15, 0.2) is 0 Å². The van der Waals surface area contributed by atoms with Gasteiger partial charge in [0, 0.05) is 32.2 Å². The lowest BCUT2D eigenvalue weighted by Crippen LogP contribution is -2.58. The Balaban J connectivity index is 2.38. The number of nitrogens with one attached hydrogen (secondary N) is 1. The van der Waals surface area contributed by atoms with E-state index in [1.165, 1.54) is 12.8 Å². The lowest BCUT2D eigenvalue weighted by atomic mass is 9.99. The molecule has 1 heterocycles. The normalized spacial score (nSPS) is 23.5. The molecule has 3 nitrogen and oxygen atoms in total. The maximum atomic E-state index is 6.10. The largest absolute Gasteiger partial charge is 0.367 e. The molecule has 1 saturated heterocycles. The molecule has 1 rings (SSSR count). The summed E-state index contributed by atoms with van der Waals surface area (Å²) in [5.41, 5.74) is -0.0622. The molecular formula is C15H32N2O. The van der Waals surface area contributed by atoms with E-state index < -0.39 is 0 Å². The van der Waals surface area contributed by atoms with Crippen molar-refractivity contribution in [1.29, 1.82) is 0 Å². The van der Waals surface area contributed by atoms with Gasteiger partial charge in [-0.3, -0.25) is 4.90 Å². The molecule has 0 atom stereocenters. The second-order valence-electron chi connectivity index (χ2n) is 6.80. The van der Waals surface area contributed by atoms with E-state index in [0.29, 0.717) is 6.04 Å². The summed E-state index contributed by atoms with van der Waals surface area (Å²) in [5, 5.41) is 3.64. The van der Waals surface area contributed by atoms with E-state index in [9.17, 15) is 0 Å². The Hall–Kier alpha value is -0.120. The predicted octanol–water partition coefficient (Wildman–Crippen LogP) is 2.65. The molecule has 0 aromatic carbocycles. The molecule has 0 aliphatic carbocycles. The van der Waals surface area contributed by atoms with Gasteiger partial charge < -0.3 is 10.1 Å². The number of rotatable bonds is 6. The number of hydrogen-bond donors (Lipinski definition) is 1. The molecule has 0 spiro atoms. The first-order chi connectivity index (χ1) is 8.28. The van der Waals surface area contributed by atoms with E-state index in [2.05, 4.69) is 51.8 Å². The van der Waals surface area contributed by atoms with Crippen molar-refractivity contribution >= 4 is 0 Å². The van der Waals surface area contributed by atoms with E-state index in [-0.39, 0.29) is 11.2 Å². The lowest BCUT2D eigenvalue weighted by molar-refractivity contribution is -0.180. The summed E-state index contributed by atoms with van der Waals surface area (Å²) < 4.78 is 6.10. The molecule has 1 N–H and O–H groups in total. The highest BCUT2D eigenvalue weighted by Crippen LogP contribution is 2.27. The fourth-order valence-corrected chi connectivity index (χ4v) is 3.11. The zero-order chi connectivity index (χ0) is 13.8. The van der Waals surface area contributed by atoms with E-state index in [1.807, 2.05) is 0 Å². The second-order valence-corrected chi connectivity index (χ2v) is 6.80. The van der Waals surface area contributed by atoms with Crippen LogP contribution in [0.15, 0.2) is 0 Å². The van der Waals surface area contributed by atoms with Crippen molar-refractivity contribution in [3.05, 3.63) is 0 Å². The zero-order valence-corrected chi connectivity index (χ0v) is 13.2. The Morgan fingerprint density at radius 2 is 1.56 bits per heavy atom. The first-order valence-electron chi connectivity index (χ1n) is 7.44. The number of morpholine rings is 1. The molecular weight excluding hydrogens is 224 g/mol. The van der Waals surface area contributed by atoms with Gasteiger partial charge in [-0.25, -0.2) is 0 Å². The van der Waals surface area contributed by atoms with Gasteiger partial charge in [-0.15, -0.1) is 0 Å². The molecule has 18 heavy (non-hydrogen) atoms. The van der Waals surface area contributed by atoms with E-state index in [1.54, 1.807) is 0 Å². The fourth-order valence-electron chi connectivity index (χ4n) is 3.11. The van der Waals surface area contributed by atoms with Crippen molar-refractivity contribution in [2.24, 2.45) is 0 Å². The standard InChI is InChI=1S/C15H32N2O/c1-7-13(8-2)16-9-10-17-11-14(3,4)18-15(5,6)12-17/h13,16H,7-12H2,1-6H3. The van der Waals surface area contributed by atoms with Crippen LogP contribution in [0.3, 0.4) is 0 Å². The lowest BCUT2D eigenvalue weighted by Gasteiger charge is -2.47. The quantitative estimate of drug-likeness (QED) is 0.791. The van der Waals surface area contributed by atoms with Crippen molar-refractivity contribution < 1.29 is 4.74 Å². The zero-order valence-electron chi connectivity index (χ0n) is 13.2. The van der Waals surface area contributed by atoms with Crippen molar-refractivity contribution in [2.75, 3.05) is 26.2 Å². The molecule has 3 heteroatoms. The third-order valence-corrected chi connectivity index (χ3v) is 3.61. The molecule has 1 fully saturated rings. The monoisotopic (exact) mass is 256 g/mol. The minimum absolute atomic E-state index is 0.0311. The SMILES string of the molecule is CCC(CC)NCCN1CC(C)(C)OC(C)(C)C1. The highest BCUT2D eigenvalue weighted by molar-refractivity contribution is 4.89. The summed E-state index contributed by atoms with van der Waals surface area (Å²) in [4.78, 5) is 2.53. The van der Waals surface area contributed by atoms with Crippen LogP contribution in [0.5, 0.6) is 0 Å². The molecule has 0 aromatic heterocycles. The molecule has 0 unspecified atom stereocenters. The Morgan fingerprint density at radius 3 is 2.00 bits per heavy atom. The maximum absolute atomic E-state index is 6.10. The van der Waals surface area contributed by atoms with Crippen molar-refractivity contribution in [1.82, 2.24) is 10.2 Å². The van der Waals surface area contributed by atoms with E-state index in [0.717, 1.165) is 26.2 Å². The van der Waals surface area contributed by atoms with Gasteiger partial charge >= 0.3 is 0 Å². The average molecular weight is 256 g/mol. The first-order valence-corrected chi connectivity index (χ1v) is 7.44. The van der Waals surface area contributed by atoms with Gasteiger partial charge in [-0.2, -0.15) is 0 Å². The summed E-state index contributed by atoms with van der Waals surface area (Å²) in [5.74, 6) is 0. The van der Waals surface area contributed by atoms with Crippen molar-refractivity contribution in [3.8, 4) is 0 Å². The number of ether oxygens (including phenoxy) is 1. The molecule has 0 saturated carbocycles. The minimum Gasteiger partial charge on any atom is -0.367 e. The highest BCUT2D eigenvalue weighted by Gasteiger charge is 2.37. The molecule has 108 valence electrons. The van der Waals surface area contributed by atoms with Gasteiger partial charge in [0.25, 0.3) is 0 Å². The summed E-state index contributed by atoms with van der Waals surface area (Å²) in [7, 11) is 0. The minimum atomic E-state index is -0.0311. The van der Waals surface area contributed by atoms with E-state index in [4.69, 9.17) is 4.74 Å². The van der Waals surface area contributed by atoms with Crippen LogP contribution in [-0.2, 0) is 4.74 Å². The van der Waals surface area contributed by atoms with Crippen LogP contribution in [-0.4, -0.2) is 48.3 Å². The van der Waals surface area contributed by atoms with Gasteiger partial charge in [0.05, 0.1) is 11.2 Å². The van der Waals surface area contributed by atoms with Gasteiger partial charge in [0.2, 0.25) is 0 Å². The Labute approximate surface area is 113 Å². The van der Waals surface area contributed by atoms with Crippen LogP contribution in [0.2, 0.25) is 0 Å². The molecule has 1 aliphatic rings. The molecule has 1 aliphatic heterocycles. The molecule has 0 bridgehead atoms. The third kappa shape index (κ3) is 5.25. The van der Waals surface area contributed by atoms with Crippen LogP contribution in [0, 0.1) is 0 Å². The highest BCUT2D eigenvalue weighted by atomic mass is 16.5. The van der Waals surface area contributed by atoms with Gasteiger partial charge in [-0.1, -0.05) is 13.8 Å². The molecule has 0 aromatic rings. The van der Waals surface area contributed by atoms with Crippen LogP contribution < -0.4 is 5.32 Å². The summed E-state index contributed by atoms with van der Waals surface area (Å²) in [6.07, 6.45) is 2.44. The van der Waals surface area contributed by atoms with Crippen molar-refractivity contribution in [3.63, 3.8) is 0 Å². The third-order valence-electron chi connectivity index (χ3n) is 3.61. The van der Waals surface area contributed by atoms with Crippen LogP contribution in [0.25, 0.3) is 0 Å². The summed E-state index contributed by atoms with van der Waals surface area (Å²) >= 11 is 0. The van der Waals surface area contributed by atoms with E-state index >= 15 is 0 Å². The summed E-state index contributed by atoms with van der Waals surface area (Å²) in [6.45, 7) is 17.5. The number of hydrogen-bond acceptors (Lipinski definition) is 3. The maximum Gasteiger partial charge on any atom is 0.0760 e. The fraction of sp³-hybridized carbons (Fsp3) is 1.00. The average Bonchev–Trinajstić information content (AvgIpc) is 2.20. The Kier molecular flexibility index (Phi) is 5.63. The Morgan fingerprint density at radius 1 is 1.06 bits per heavy atom. The predicted molar refractivity (Wildman–Crippen MR) is 78.1 cm³/mol. The smallest absolute Gasteiger partial charge is 0.0760 e. The first kappa shape index (κ1) is 15.9. The topological polar surface area (TPSA) is 24.5 Å². The molecule has 0 amide bonds. The van der Waals surface area contributed by atoms with Gasteiger partial charge in [-0.05, 0) is 40.5 Å². The Bertz CT molecular complexity index is 231. The number of nitrogens with zero attached hydrogens (tertiary/aromatic N) is 1. The second kappa shape index (κ2) is 6.36. The molecule has 0 radical (unpaired) electrons.